The average molecular weight is 422 g/mol. The van der Waals surface area contributed by atoms with Gasteiger partial charge in [-0.15, -0.1) is 0 Å². The maximum atomic E-state index is 13.4. The highest BCUT2D eigenvalue weighted by atomic mass is 32.2. The highest BCUT2D eigenvalue weighted by molar-refractivity contribution is 8.00. The lowest BCUT2D eigenvalue weighted by atomic mass is 10.1. The van der Waals surface area contributed by atoms with Crippen LogP contribution in [0.1, 0.15) is 43.7 Å². The predicted molar refractivity (Wildman–Crippen MR) is 123 cm³/mol. The Morgan fingerprint density at radius 2 is 1.87 bits per heavy atom. The lowest BCUT2D eigenvalue weighted by Gasteiger charge is -2.19. The number of nitrogens with zero attached hydrogens (tertiary/aromatic N) is 2. The number of amides is 1. The number of aryl methyl sites for hydroxylation is 2. The Balaban J connectivity index is 1.74. The van der Waals surface area contributed by atoms with Crippen LogP contribution in [0.4, 0.5) is 0 Å². The molecule has 156 valence electrons. The van der Waals surface area contributed by atoms with Crippen molar-refractivity contribution < 1.29 is 4.79 Å². The minimum atomic E-state index is -0.351. The number of hydrogen-bond acceptors (Lipinski definition) is 4. The standard InChI is InChI=1S/C24H27N3O2S/c1-15-12-13-19(14-16(15)2)27-23(29)20-10-6-7-11-21(20)26-24(27)30-17(3)22(28)25-18-8-4-5-9-18/h6-7,10-14,17-18H,4-5,8-9H2,1-3H3,(H,25,28)/t17-/m1/s1. The second kappa shape index (κ2) is 8.64. The zero-order chi connectivity index (χ0) is 21.3. The van der Waals surface area contributed by atoms with Crippen LogP contribution < -0.4 is 10.9 Å². The highest BCUT2D eigenvalue weighted by Crippen LogP contribution is 2.27. The maximum absolute atomic E-state index is 13.4. The van der Waals surface area contributed by atoms with Crippen LogP contribution >= 0.6 is 11.8 Å². The molecule has 2 aromatic carbocycles. The van der Waals surface area contributed by atoms with E-state index in [0.717, 1.165) is 24.1 Å². The molecule has 0 radical (unpaired) electrons. The van der Waals surface area contributed by atoms with Crippen molar-refractivity contribution in [2.75, 3.05) is 0 Å². The fourth-order valence-corrected chi connectivity index (χ4v) is 4.82. The minimum absolute atomic E-state index is 0.000874. The zero-order valence-corrected chi connectivity index (χ0v) is 18.5. The van der Waals surface area contributed by atoms with E-state index in [1.165, 1.54) is 30.2 Å². The van der Waals surface area contributed by atoms with Gasteiger partial charge in [-0.3, -0.25) is 14.2 Å². The van der Waals surface area contributed by atoms with Gasteiger partial charge < -0.3 is 5.32 Å². The van der Waals surface area contributed by atoms with E-state index in [1.807, 2.05) is 57.2 Å². The van der Waals surface area contributed by atoms with E-state index < -0.39 is 0 Å². The lowest BCUT2D eigenvalue weighted by Crippen LogP contribution is -2.38. The van der Waals surface area contributed by atoms with Gasteiger partial charge in [0.15, 0.2) is 5.16 Å². The van der Waals surface area contributed by atoms with Crippen molar-refractivity contribution in [2.24, 2.45) is 0 Å². The molecule has 0 unspecified atom stereocenters. The highest BCUT2D eigenvalue weighted by Gasteiger charge is 2.24. The van der Waals surface area contributed by atoms with Crippen molar-refractivity contribution >= 4 is 28.6 Å². The van der Waals surface area contributed by atoms with Crippen molar-refractivity contribution in [1.82, 2.24) is 14.9 Å². The molecule has 1 amide bonds. The molecule has 0 aliphatic heterocycles. The Labute approximate surface area is 180 Å². The van der Waals surface area contributed by atoms with Gasteiger partial charge >= 0.3 is 0 Å². The van der Waals surface area contributed by atoms with Gasteiger partial charge in [0.25, 0.3) is 5.56 Å². The number of fused-ring (bicyclic) bond motifs is 1. The number of carbonyl (C=O) groups is 1. The summed E-state index contributed by atoms with van der Waals surface area (Å²) in [6, 6.07) is 13.6. The van der Waals surface area contributed by atoms with Crippen LogP contribution in [0.2, 0.25) is 0 Å². The Bertz CT molecular complexity index is 1150. The van der Waals surface area contributed by atoms with Gasteiger partial charge in [-0.1, -0.05) is 42.8 Å². The van der Waals surface area contributed by atoms with Gasteiger partial charge in [0.1, 0.15) is 0 Å². The Morgan fingerprint density at radius 3 is 2.60 bits per heavy atom. The minimum Gasteiger partial charge on any atom is -0.352 e. The van der Waals surface area contributed by atoms with Crippen LogP contribution in [0.15, 0.2) is 52.4 Å². The van der Waals surface area contributed by atoms with E-state index >= 15 is 0 Å². The Morgan fingerprint density at radius 1 is 1.13 bits per heavy atom. The number of para-hydroxylation sites is 1. The van der Waals surface area contributed by atoms with Crippen molar-refractivity contribution in [3.8, 4) is 5.69 Å². The molecule has 1 aliphatic rings. The summed E-state index contributed by atoms with van der Waals surface area (Å²) in [4.78, 5) is 30.9. The number of hydrogen-bond donors (Lipinski definition) is 1. The summed E-state index contributed by atoms with van der Waals surface area (Å²) >= 11 is 1.34. The van der Waals surface area contributed by atoms with Gasteiger partial charge in [-0.2, -0.15) is 0 Å². The summed E-state index contributed by atoms with van der Waals surface area (Å²) < 4.78 is 1.64. The van der Waals surface area contributed by atoms with Gasteiger partial charge in [0, 0.05) is 6.04 Å². The first-order valence-corrected chi connectivity index (χ1v) is 11.4. The molecule has 1 fully saturated rings. The SMILES string of the molecule is Cc1ccc(-n2c(S[C@H](C)C(=O)NC3CCCC3)nc3ccccc3c2=O)cc1C. The van der Waals surface area contributed by atoms with Crippen molar-refractivity contribution in [3.63, 3.8) is 0 Å². The van der Waals surface area contributed by atoms with Crippen molar-refractivity contribution in [2.45, 2.75) is 62.9 Å². The number of rotatable bonds is 5. The topological polar surface area (TPSA) is 64.0 Å². The molecule has 30 heavy (non-hydrogen) atoms. The van der Waals surface area contributed by atoms with Crippen LogP contribution in [0.3, 0.4) is 0 Å². The summed E-state index contributed by atoms with van der Waals surface area (Å²) in [6.07, 6.45) is 4.44. The Hall–Kier alpha value is -2.60. The van der Waals surface area contributed by atoms with E-state index in [-0.39, 0.29) is 22.8 Å². The van der Waals surface area contributed by atoms with Crippen LogP contribution in [-0.2, 0) is 4.79 Å². The summed E-state index contributed by atoms with van der Waals surface area (Å²) in [7, 11) is 0. The van der Waals surface area contributed by atoms with Crippen LogP contribution in [0.5, 0.6) is 0 Å². The normalized spacial score (nSPS) is 15.4. The molecule has 0 bridgehead atoms. The van der Waals surface area contributed by atoms with Crippen molar-refractivity contribution in [1.29, 1.82) is 0 Å². The number of thioether (sulfide) groups is 1. The fourth-order valence-electron chi connectivity index (χ4n) is 3.88. The monoisotopic (exact) mass is 421 g/mol. The molecule has 1 atom stereocenters. The quantitative estimate of drug-likeness (QED) is 0.485. The molecule has 6 heteroatoms. The van der Waals surface area contributed by atoms with E-state index in [0.29, 0.717) is 16.1 Å². The number of carbonyl (C=O) groups excluding carboxylic acids is 1. The molecular formula is C24H27N3O2S. The smallest absolute Gasteiger partial charge is 0.266 e. The van der Waals surface area contributed by atoms with Crippen LogP contribution in [0, 0.1) is 13.8 Å². The van der Waals surface area contributed by atoms with Crippen LogP contribution in [-0.4, -0.2) is 26.8 Å². The summed E-state index contributed by atoms with van der Waals surface area (Å²) in [6.45, 7) is 5.95. The number of nitrogens with one attached hydrogen (secondary N) is 1. The second-order valence-corrected chi connectivity index (χ2v) is 9.38. The van der Waals surface area contributed by atoms with E-state index in [1.54, 1.807) is 10.6 Å². The molecule has 0 spiro atoms. The molecule has 1 aliphatic carbocycles. The Kier molecular flexibility index (Phi) is 5.95. The van der Waals surface area contributed by atoms with Crippen LogP contribution in [0.25, 0.3) is 16.6 Å². The summed E-state index contributed by atoms with van der Waals surface area (Å²) in [5.74, 6) is 0.000874. The lowest BCUT2D eigenvalue weighted by molar-refractivity contribution is -0.120. The molecule has 0 saturated heterocycles. The molecule has 5 nitrogen and oxygen atoms in total. The predicted octanol–water partition coefficient (Wildman–Crippen LogP) is 4.54. The third kappa shape index (κ3) is 4.15. The molecule has 3 aromatic rings. The maximum Gasteiger partial charge on any atom is 0.266 e. The van der Waals surface area contributed by atoms with Gasteiger partial charge in [0.05, 0.1) is 21.8 Å². The summed E-state index contributed by atoms with van der Waals surface area (Å²) in [5.41, 5.74) is 3.57. The molecule has 1 heterocycles. The van der Waals surface area contributed by atoms with Gasteiger partial charge in [-0.25, -0.2) is 4.98 Å². The molecule has 1 N–H and O–H groups in total. The third-order valence-electron chi connectivity index (χ3n) is 5.85. The van der Waals surface area contributed by atoms with E-state index in [9.17, 15) is 9.59 Å². The molecule has 1 aromatic heterocycles. The van der Waals surface area contributed by atoms with Crippen molar-refractivity contribution in [3.05, 3.63) is 63.9 Å². The molecule has 1 saturated carbocycles. The average Bonchev–Trinajstić information content (AvgIpc) is 3.23. The van der Waals surface area contributed by atoms with E-state index in [4.69, 9.17) is 4.98 Å². The first-order valence-electron chi connectivity index (χ1n) is 10.5. The van der Waals surface area contributed by atoms with Gasteiger partial charge in [-0.05, 0) is 69.0 Å². The third-order valence-corrected chi connectivity index (χ3v) is 6.90. The van der Waals surface area contributed by atoms with Gasteiger partial charge in [0.2, 0.25) is 5.91 Å². The summed E-state index contributed by atoms with van der Waals surface area (Å²) in [5, 5.41) is 3.91. The first kappa shape index (κ1) is 20.7. The van der Waals surface area contributed by atoms with E-state index in [2.05, 4.69) is 5.32 Å². The number of benzene rings is 2. The number of aromatic nitrogens is 2. The fraction of sp³-hybridized carbons (Fsp3) is 0.375. The zero-order valence-electron chi connectivity index (χ0n) is 17.6. The molecular weight excluding hydrogens is 394 g/mol. The largest absolute Gasteiger partial charge is 0.352 e. The molecule has 4 rings (SSSR count). The second-order valence-electron chi connectivity index (χ2n) is 8.07. The first-order chi connectivity index (χ1) is 14.4.